The Bertz CT molecular complexity index is 1740. The summed E-state index contributed by atoms with van der Waals surface area (Å²) in [6.45, 7) is 1.08. The number of aromatic nitrogens is 3. The molecule has 0 spiro atoms. The predicted molar refractivity (Wildman–Crippen MR) is 156 cm³/mol. The lowest BCUT2D eigenvalue weighted by Crippen LogP contribution is -2.31. The van der Waals surface area contributed by atoms with Gasteiger partial charge in [0.1, 0.15) is 12.1 Å². The van der Waals surface area contributed by atoms with E-state index in [2.05, 4.69) is 20.4 Å². The maximum Gasteiger partial charge on any atom is 0.416 e. The van der Waals surface area contributed by atoms with Gasteiger partial charge in [-0.3, -0.25) is 9.69 Å². The van der Waals surface area contributed by atoms with E-state index in [4.69, 9.17) is 4.74 Å². The summed E-state index contributed by atoms with van der Waals surface area (Å²) in [7, 11) is 0. The van der Waals surface area contributed by atoms with Gasteiger partial charge in [0, 0.05) is 11.3 Å². The van der Waals surface area contributed by atoms with Crippen LogP contribution in [0, 0.1) is 6.92 Å². The van der Waals surface area contributed by atoms with E-state index >= 15 is 0 Å². The van der Waals surface area contributed by atoms with Gasteiger partial charge in [-0.25, -0.2) is 14.5 Å². The third-order valence-electron chi connectivity index (χ3n) is 6.31. The number of nitrogens with zero attached hydrogens (tertiary/aromatic N) is 5. The number of benzene rings is 3. The fourth-order valence-corrected chi connectivity index (χ4v) is 5.00. The summed E-state index contributed by atoms with van der Waals surface area (Å²) in [5.74, 6) is -0.136. The Balaban J connectivity index is 1.27. The molecule has 0 saturated carbocycles. The number of anilines is 2. The van der Waals surface area contributed by atoms with Crippen molar-refractivity contribution in [2.45, 2.75) is 25.7 Å². The zero-order valence-electron chi connectivity index (χ0n) is 23.2. The zero-order chi connectivity index (χ0) is 32.4. The Morgan fingerprint density at radius 1 is 1.02 bits per heavy atom. The second kappa shape index (κ2) is 12.6. The molecule has 45 heavy (non-hydrogen) atoms. The number of ether oxygens (including phenoxy) is 1. The largest absolute Gasteiger partial charge is 0.491 e. The number of amides is 3. The van der Waals surface area contributed by atoms with Crippen molar-refractivity contribution in [3.05, 3.63) is 84.2 Å². The first-order valence-electron chi connectivity index (χ1n) is 13.1. The molecule has 1 aliphatic heterocycles. The number of aryl methyl sites for hydroxylation is 1. The molecule has 0 atom stereocenters. The SMILES string of the molecule is Cc1ccc(OCCC(F)(F)F)c(N2C(=O)CSC2=NC(=O)Nc2ccc(-c3ncn(-c4ccc(C(F)(F)F)cc4)n3)cc2)c1. The monoisotopic (exact) mass is 648 g/mol. The molecule has 3 aromatic carbocycles. The van der Waals surface area contributed by atoms with Crippen LogP contribution in [-0.2, 0) is 11.0 Å². The topological polar surface area (TPSA) is 102 Å². The molecule has 2 heterocycles. The van der Waals surface area contributed by atoms with Crippen LogP contribution in [0.1, 0.15) is 17.5 Å². The van der Waals surface area contributed by atoms with Gasteiger partial charge in [0.05, 0.1) is 35.7 Å². The molecular weight excluding hydrogens is 626 g/mol. The van der Waals surface area contributed by atoms with E-state index in [1.54, 1.807) is 43.3 Å². The lowest BCUT2D eigenvalue weighted by molar-refractivity contribution is -0.139. The van der Waals surface area contributed by atoms with Crippen LogP contribution in [-0.4, -0.2) is 50.4 Å². The zero-order valence-corrected chi connectivity index (χ0v) is 24.0. The summed E-state index contributed by atoms with van der Waals surface area (Å²) in [4.78, 5) is 34.9. The van der Waals surface area contributed by atoms with Crippen LogP contribution in [0.5, 0.6) is 5.75 Å². The highest BCUT2D eigenvalue weighted by Gasteiger charge is 2.33. The maximum atomic E-state index is 12.8. The minimum atomic E-state index is -4.45. The number of urea groups is 1. The molecule has 1 fully saturated rings. The molecule has 0 aliphatic carbocycles. The molecule has 4 aromatic rings. The Morgan fingerprint density at radius 2 is 1.73 bits per heavy atom. The highest BCUT2D eigenvalue weighted by Crippen LogP contribution is 2.36. The summed E-state index contributed by atoms with van der Waals surface area (Å²) in [6, 6.07) is 14.6. The van der Waals surface area contributed by atoms with Crippen molar-refractivity contribution in [3.63, 3.8) is 0 Å². The quantitative estimate of drug-likeness (QED) is 0.212. The van der Waals surface area contributed by atoms with Gasteiger partial charge < -0.3 is 10.1 Å². The standard InChI is InChI=1S/C29H22F6N6O3S/c1-17-2-11-23(44-13-12-28(30,31)32)22(14-17)41-24(42)15-45-27(41)38-26(43)37-20-7-3-18(4-8-20)25-36-16-40(39-25)21-9-5-19(6-10-21)29(33,34)35/h2-11,14,16H,12-13,15H2,1H3,(H,37,43). The molecule has 3 amide bonds. The summed E-state index contributed by atoms with van der Waals surface area (Å²) in [5.41, 5.74) is 1.39. The number of carbonyl (C=O) groups is 2. The highest BCUT2D eigenvalue weighted by atomic mass is 32.2. The number of alkyl halides is 6. The first-order chi connectivity index (χ1) is 21.3. The van der Waals surface area contributed by atoms with Gasteiger partial charge in [-0.05, 0) is 73.2 Å². The van der Waals surface area contributed by atoms with Crippen LogP contribution in [0.15, 0.2) is 78.0 Å². The number of rotatable bonds is 7. The van der Waals surface area contributed by atoms with Crippen LogP contribution >= 0.6 is 11.8 Å². The summed E-state index contributed by atoms with van der Waals surface area (Å²) >= 11 is 0.993. The average Bonchev–Trinajstić information content (AvgIpc) is 3.60. The number of nitrogens with one attached hydrogen (secondary N) is 1. The van der Waals surface area contributed by atoms with E-state index in [1.165, 1.54) is 29.2 Å². The molecule has 0 unspecified atom stereocenters. The fourth-order valence-electron chi connectivity index (χ4n) is 4.15. The Kier molecular flexibility index (Phi) is 8.86. The molecule has 16 heteroatoms. The summed E-state index contributed by atoms with van der Waals surface area (Å²) in [5, 5.41) is 6.91. The first kappa shape index (κ1) is 31.6. The van der Waals surface area contributed by atoms with Gasteiger partial charge in [0.2, 0.25) is 5.91 Å². The predicted octanol–water partition coefficient (Wildman–Crippen LogP) is 7.26. The van der Waals surface area contributed by atoms with Crippen LogP contribution in [0.2, 0.25) is 0 Å². The number of thioether (sulfide) groups is 1. The number of aliphatic imine (C=N–C) groups is 1. The second-order valence-electron chi connectivity index (χ2n) is 9.66. The first-order valence-corrected chi connectivity index (χ1v) is 14.1. The van der Waals surface area contributed by atoms with Crippen LogP contribution in [0.3, 0.4) is 0 Å². The second-order valence-corrected chi connectivity index (χ2v) is 10.6. The molecule has 1 aliphatic rings. The number of halogens is 6. The van der Waals surface area contributed by atoms with Crippen molar-refractivity contribution in [2.75, 3.05) is 22.6 Å². The van der Waals surface area contributed by atoms with E-state index in [1.807, 2.05) is 0 Å². The lowest BCUT2D eigenvalue weighted by atomic mass is 10.2. The number of carbonyl (C=O) groups excluding carboxylic acids is 2. The molecule has 5 rings (SSSR count). The molecule has 234 valence electrons. The molecule has 1 N–H and O–H groups in total. The van der Waals surface area contributed by atoms with E-state index in [0.29, 0.717) is 22.5 Å². The molecule has 0 radical (unpaired) electrons. The van der Waals surface area contributed by atoms with E-state index in [-0.39, 0.29) is 28.2 Å². The van der Waals surface area contributed by atoms with Crippen LogP contribution in [0.25, 0.3) is 17.1 Å². The Hall–Kier alpha value is -4.86. The molecule has 1 aromatic heterocycles. The normalized spacial score (nSPS) is 14.7. The highest BCUT2D eigenvalue weighted by molar-refractivity contribution is 8.15. The van der Waals surface area contributed by atoms with E-state index in [9.17, 15) is 35.9 Å². The van der Waals surface area contributed by atoms with Crippen LogP contribution < -0.4 is 15.0 Å². The van der Waals surface area contributed by atoms with Gasteiger partial charge in [-0.2, -0.15) is 31.3 Å². The van der Waals surface area contributed by atoms with Gasteiger partial charge in [-0.1, -0.05) is 17.8 Å². The van der Waals surface area contributed by atoms with Crippen molar-refractivity contribution >= 4 is 40.2 Å². The fraction of sp³-hybridized carbons (Fsp3) is 0.207. The van der Waals surface area contributed by atoms with Crippen molar-refractivity contribution in [2.24, 2.45) is 4.99 Å². The minimum Gasteiger partial charge on any atom is -0.491 e. The van der Waals surface area contributed by atoms with Crippen molar-refractivity contribution in [1.29, 1.82) is 0 Å². The van der Waals surface area contributed by atoms with E-state index in [0.717, 1.165) is 28.8 Å². The van der Waals surface area contributed by atoms with Crippen molar-refractivity contribution in [1.82, 2.24) is 14.8 Å². The molecule has 0 bridgehead atoms. The van der Waals surface area contributed by atoms with Crippen molar-refractivity contribution in [3.8, 4) is 22.8 Å². The third kappa shape index (κ3) is 7.81. The Labute approximate surface area is 255 Å². The lowest BCUT2D eigenvalue weighted by Gasteiger charge is -2.20. The molecule has 9 nitrogen and oxygen atoms in total. The van der Waals surface area contributed by atoms with Gasteiger partial charge >= 0.3 is 18.4 Å². The number of hydrogen-bond acceptors (Lipinski definition) is 6. The number of amidine groups is 1. The van der Waals surface area contributed by atoms with Gasteiger partial charge in [0.15, 0.2) is 11.0 Å². The van der Waals surface area contributed by atoms with E-state index < -0.39 is 42.9 Å². The average molecular weight is 649 g/mol. The van der Waals surface area contributed by atoms with Crippen molar-refractivity contribution < 1.29 is 40.7 Å². The smallest absolute Gasteiger partial charge is 0.416 e. The summed E-state index contributed by atoms with van der Waals surface area (Å²) < 4.78 is 83.1. The number of hydrogen-bond donors (Lipinski definition) is 1. The third-order valence-corrected chi connectivity index (χ3v) is 7.23. The van der Waals surface area contributed by atoms with Crippen LogP contribution in [0.4, 0.5) is 42.5 Å². The maximum absolute atomic E-state index is 12.8. The van der Waals surface area contributed by atoms with Gasteiger partial charge in [-0.15, -0.1) is 5.10 Å². The summed E-state index contributed by atoms with van der Waals surface area (Å²) in [6.07, 6.45) is -8.69. The molecular formula is C29H22F6N6O3S. The molecule has 1 saturated heterocycles. The Morgan fingerprint density at radius 3 is 2.40 bits per heavy atom. The van der Waals surface area contributed by atoms with Gasteiger partial charge in [0.25, 0.3) is 0 Å². The minimum absolute atomic E-state index is 0.0263.